The Labute approximate surface area is 140 Å². The standard InChI is InChI=1S/C16H23N3O5/c1-18(6-7-20)16(22)17-11-8-15(21)19(10-11)12-4-5-13(23-2)14(9-12)24-3/h4-5,9,11,20H,6-8,10H2,1-3H3,(H,17,22)/t11-/m1/s1. The Kier molecular flexibility index (Phi) is 5.86. The Morgan fingerprint density at radius 1 is 1.38 bits per heavy atom. The molecule has 1 aliphatic heterocycles. The Hall–Kier alpha value is -2.48. The van der Waals surface area contributed by atoms with E-state index in [-0.39, 0.29) is 37.6 Å². The predicted octanol–water partition coefficient (Wildman–Crippen LogP) is 0.443. The first kappa shape index (κ1) is 17.9. The summed E-state index contributed by atoms with van der Waals surface area (Å²) in [5.74, 6) is 1.05. The van der Waals surface area contributed by atoms with E-state index in [1.807, 2.05) is 0 Å². The van der Waals surface area contributed by atoms with Crippen LogP contribution in [0, 0.1) is 0 Å². The molecule has 1 fully saturated rings. The van der Waals surface area contributed by atoms with E-state index in [0.29, 0.717) is 23.7 Å². The highest BCUT2D eigenvalue weighted by Gasteiger charge is 2.32. The smallest absolute Gasteiger partial charge is 0.317 e. The van der Waals surface area contributed by atoms with Gasteiger partial charge >= 0.3 is 6.03 Å². The number of amides is 3. The summed E-state index contributed by atoms with van der Waals surface area (Å²) >= 11 is 0. The summed E-state index contributed by atoms with van der Waals surface area (Å²) in [6.07, 6.45) is 0.229. The normalized spacial score (nSPS) is 16.9. The van der Waals surface area contributed by atoms with E-state index in [4.69, 9.17) is 14.6 Å². The summed E-state index contributed by atoms with van der Waals surface area (Å²) in [7, 11) is 4.68. The third-order valence-corrected chi connectivity index (χ3v) is 3.91. The van der Waals surface area contributed by atoms with Crippen molar-refractivity contribution in [2.75, 3.05) is 45.9 Å². The van der Waals surface area contributed by atoms with Crippen LogP contribution in [-0.2, 0) is 4.79 Å². The maximum Gasteiger partial charge on any atom is 0.317 e. The molecule has 1 atom stereocenters. The van der Waals surface area contributed by atoms with Crippen molar-refractivity contribution in [1.82, 2.24) is 10.2 Å². The topological polar surface area (TPSA) is 91.3 Å². The van der Waals surface area contributed by atoms with E-state index in [2.05, 4.69) is 5.32 Å². The molecule has 1 saturated heterocycles. The molecule has 1 heterocycles. The average Bonchev–Trinajstić information content (AvgIpc) is 2.94. The number of likely N-dealkylation sites (N-methyl/N-ethyl adjacent to an activating group) is 1. The van der Waals surface area contributed by atoms with Gasteiger partial charge in [-0.3, -0.25) is 4.79 Å². The minimum atomic E-state index is -0.309. The minimum absolute atomic E-state index is 0.0719. The van der Waals surface area contributed by atoms with Gasteiger partial charge in [0.05, 0.1) is 26.9 Å². The van der Waals surface area contributed by atoms with Gasteiger partial charge in [-0.05, 0) is 12.1 Å². The Balaban J connectivity index is 2.06. The largest absolute Gasteiger partial charge is 0.493 e. The monoisotopic (exact) mass is 337 g/mol. The number of methoxy groups -OCH3 is 2. The summed E-state index contributed by atoms with van der Waals surface area (Å²) < 4.78 is 10.5. The zero-order valence-corrected chi connectivity index (χ0v) is 14.1. The van der Waals surface area contributed by atoms with Crippen molar-refractivity contribution >= 4 is 17.6 Å². The van der Waals surface area contributed by atoms with Crippen LogP contribution in [-0.4, -0.2) is 69.0 Å². The Bertz CT molecular complexity index is 607. The number of ether oxygens (including phenoxy) is 2. The minimum Gasteiger partial charge on any atom is -0.493 e. The maximum absolute atomic E-state index is 12.3. The highest BCUT2D eigenvalue weighted by Crippen LogP contribution is 2.33. The number of nitrogens with zero attached hydrogens (tertiary/aromatic N) is 2. The number of carbonyl (C=O) groups is 2. The summed E-state index contributed by atoms with van der Waals surface area (Å²) in [4.78, 5) is 27.2. The molecule has 0 aliphatic carbocycles. The molecule has 1 aromatic carbocycles. The average molecular weight is 337 g/mol. The third-order valence-electron chi connectivity index (χ3n) is 3.91. The number of hydrogen-bond donors (Lipinski definition) is 2. The van der Waals surface area contributed by atoms with Gasteiger partial charge < -0.3 is 29.7 Å². The molecule has 2 N–H and O–H groups in total. The second-order valence-electron chi connectivity index (χ2n) is 5.54. The van der Waals surface area contributed by atoms with Crippen molar-refractivity contribution in [3.8, 4) is 11.5 Å². The second kappa shape index (κ2) is 7.87. The second-order valence-corrected chi connectivity index (χ2v) is 5.54. The number of carbonyl (C=O) groups excluding carboxylic acids is 2. The lowest BCUT2D eigenvalue weighted by Crippen LogP contribution is -2.45. The van der Waals surface area contributed by atoms with E-state index < -0.39 is 0 Å². The highest BCUT2D eigenvalue weighted by molar-refractivity contribution is 5.97. The molecule has 0 unspecified atom stereocenters. The molecule has 2 rings (SSSR count). The molecule has 0 saturated carbocycles. The number of benzene rings is 1. The number of urea groups is 1. The lowest BCUT2D eigenvalue weighted by atomic mass is 10.2. The molecule has 0 bridgehead atoms. The fourth-order valence-corrected chi connectivity index (χ4v) is 2.58. The molecule has 8 nitrogen and oxygen atoms in total. The van der Waals surface area contributed by atoms with Crippen molar-refractivity contribution in [3.05, 3.63) is 18.2 Å². The fourth-order valence-electron chi connectivity index (χ4n) is 2.58. The fraction of sp³-hybridized carbons (Fsp3) is 0.500. The van der Waals surface area contributed by atoms with E-state index in [0.717, 1.165) is 0 Å². The molecule has 8 heteroatoms. The molecule has 3 amide bonds. The number of aliphatic hydroxyl groups excluding tert-OH is 1. The summed E-state index contributed by atoms with van der Waals surface area (Å²) in [6, 6.07) is 4.66. The number of rotatable bonds is 6. The van der Waals surface area contributed by atoms with Gasteiger partial charge in [0, 0.05) is 38.3 Å². The van der Waals surface area contributed by atoms with Gasteiger partial charge in [-0.2, -0.15) is 0 Å². The van der Waals surface area contributed by atoms with Crippen LogP contribution in [0.2, 0.25) is 0 Å². The zero-order chi connectivity index (χ0) is 17.7. The highest BCUT2D eigenvalue weighted by atomic mass is 16.5. The molecule has 1 aliphatic rings. The van der Waals surface area contributed by atoms with Gasteiger partial charge in [-0.1, -0.05) is 0 Å². The van der Waals surface area contributed by atoms with Crippen molar-refractivity contribution in [3.63, 3.8) is 0 Å². The number of anilines is 1. The first-order valence-electron chi connectivity index (χ1n) is 7.65. The molecule has 0 radical (unpaired) electrons. The third kappa shape index (κ3) is 3.88. The first-order chi connectivity index (χ1) is 11.5. The summed E-state index contributed by atoms with van der Waals surface area (Å²) in [5, 5.41) is 11.7. The summed E-state index contributed by atoms with van der Waals surface area (Å²) in [6.45, 7) is 0.518. The lowest BCUT2D eigenvalue weighted by Gasteiger charge is -2.21. The van der Waals surface area contributed by atoms with Crippen molar-refractivity contribution < 1.29 is 24.2 Å². The Morgan fingerprint density at radius 2 is 2.08 bits per heavy atom. The van der Waals surface area contributed by atoms with Gasteiger partial charge in [0.25, 0.3) is 0 Å². The molecule has 24 heavy (non-hydrogen) atoms. The first-order valence-corrected chi connectivity index (χ1v) is 7.65. The molecule has 132 valence electrons. The van der Waals surface area contributed by atoms with Gasteiger partial charge in [0.15, 0.2) is 11.5 Å². The van der Waals surface area contributed by atoms with Gasteiger partial charge in [-0.15, -0.1) is 0 Å². The quantitative estimate of drug-likeness (QED) is 0.786. The lowest BCUT2D eigenvalue weighted by molar-refractivity contribution is -0.117. The van der Waals surface area contributed by atoms with Crippen molar-refractivity contribution in [2.45, 2.75) is 12.5 Å². The molecular formula is C16H23N3O5. The number of nitrogens with one attached hydrogen (secondary N) is 1. The van der Waals surface area contributed by atoms with E-state index >= 15 is 0 Å². The van der Waals surface area contributed by atoms with Crippen LogP contribution in [0.15, 0.2) is 18.2 Å². The van der Waals surface area contributed by atoms with E-state index in [1.165, 1.54) is 12.0 Å². The predicted molar refractivity (Wildman–Crippen MR) is 88.6 cm³/mol. The van der Waals surface area contributed by atoms with E-state index in [1.54, 1.807) is 37.3 Å². The van der Waals surface area contributed by atoms with Crippen LogP contribution in [0.4, 0.5) is 10.5 Å². The van der Waals surface area contributed by atoms with E-state index in [9.17, 15) is 9.59 Å². The van der Waals surface area contributed by atoms with Gasteiger partial charge in [0.1, 0.15) is 0 Å². The van der Waals surface area contributed by atoms with Gasteiger partial charge in [-0.25, -0.2) is 4.79 Å². The SMILES string of the molecule is COc1ccc(N2C[C@H](NC(=O)N(C)CCO)CC2=O)cc1OC. The summed E-state index contributed by atoms with van der Waals surface area (Å²) in [5.41, 5.74) is 0.693. The molecule has 0 spiro atoms. The van der Waals surface area contributed by atoms with Crippen LogP contribution in [0.1, 0.15) is 6.42 Å². The zero-order valence-electron chi connectivity index (χ0n) is 14.1. The van der Waals surface area contributed by atoms with Crippen LogP contribution < -0.4 is 19.7 Å². The Morgan fingerprint density at radius 3 is 2.71 bits per heavy atom. The number of aliphatic hydroxyl groups is 1. The molecule has 1 aromatic rings. The molecular weight excluding hydrogens is 314 g/mol. The van der Waals surface area contributed by atoms with Crippen LogP contribution in [0.3, 0.4) is 0 Å². The number of hydrogen-bond acceptors (Lipinski definition) is 5. The van der Waals surface area contributed by atoms with Crippen LogP contribution in [0.5, 0.6) is 11.5 Å². The van der Waals surface area contributed by atoms with Crippen LogP contribution >= 0.6 is 0 Å². The van der Waals surface area contributed by atoms with Crippen LogP contribution in [0.25, 0.3) is 0 Å². The van der Waals surface area contributed by atoms with Crippen molar-refractivity contribution in [2.24, 2.45) is 0 Å². The maximum atomic E-state index is 12.3. The molecule has 0 aromatic heterocycles. The van der Waals surface area contributed by atoms with Crippen molar-refractivity contribution in [1.29, 1.82) is 0 Å². The van der Waals surface area contributed by atoms with Gasteiger partial charge in [0.2, 0.25) is 5.91 Å².